The lowest BCUT2D eigenvalue weighted by molar-refractivity contribution is 0.100. The topological polar surface area (TPSA) is 81.6 Å². The van der Waals surface area contributed by atoms with Crippen LogP contribution in [-0.4, -0.2) is 39.5 Å². The summed E-state index contributed by atoms with van der Waals surface area (Å²) in [4.78, 5) is 14.6. The van der Waals surface area contributed by atoms with Gasteiger partial charge in [0, 0.05) is 20.7 Å². The molecule has 0 spiro atoms. The monoisotopic (exact) mass is 275 g/mol. The number of hydrogen-bond donors (Lipinski definition) is 2. The van der Waals surface area contributed by atoms with E-state index in [0.29, 0.717) is 17.2 Å². The Labute approximate surface area is 109 Å². The van der Waals surface area contributed by atoms with Gasteiger partial charge in [-0.3, -0.25) is 4.79 Å². The van der Waals surface area contributed by atoms with E-state index in [1.807, 2.05) is 18.2 Å². The molecule has 0 aliphatic heterocycles. The van der Waals surface area contributed by atoms with E-state index in [1.165, 1.54) is 23.1 Å². The van der Waals surface area contributed by atoms with Crippen molar-refractivity contribution in [3.8, 4) is 0 Å². The number of carbonyl (C=O) groups excluding carboxylic acids is 1. The summed E-state index contributed by atoms with van der Waals surface area (Å²) in [5.41, 5.74) is 11.7. The second kappa shape index (κ2) is 6.13. The highest BCUT2D eigenvalue weighted by Gasteiger charge is 2.20. The summed E-state index contributed by atoms with van der Waals surface area (Å²) in [5, 5.41) is 0.959. The Morgan fingerprint density at radius 3 is 2.71 bits per heavy atom. The number of methoxy groups -OCH3 is 1. The Balaban J connectivity index is 3.06. The van der Waals surface area contributed by atoms with Gasteiger partial charge < -0.3 is 21.1 Å². The number of thiophene rings is 1. The summed E-state index contributed by atoms with van der Waals surface area (Å²) in [5.74, 6) is -0.478. The number of rotatable bonds is 6. The molecule has 1 aromatic heterocycles. The van der Waals surface area contributed by atoms with Crippen LogP contribution in [0, 0.1) is 0 Å². The lowest BCUT2D eigenvalue weighted by Gasteiger charge is -2.18. The first kappa shape index (κ1) is 14.1. The number of thioether (sulfide) groups is 1. The molecule has 0 bridgehead atoms. The fourth-order valence-electron chi connectivity index (χ4n) is 1.38. The van der Waals surface area contributed by atoms with Crippen molar-refractivity contribution in [3.05, 3.63) is 4.88 Å². The average Bonchev–Trinajstić information content (AvgIpc) is 2.63. The fourth-order valence-corrected chi connectivity index (χ4v) is 3.43. The highest BCUT2D eigenvalue weighted by Crippen LogP contribution is 2.43. The number of hydrogen-bond acceptors (Lipinski definition) is 6. The molecule has 0 saturated carbocycles. The first-order chi connectivity index (χ1) is 8.02. The van der Waals surface area contributed by atoms with Gasteiger partial charge in [-0.2, -0.15) is 0 Å². The van der Waals surface area contributed by atoms with E-state index in [4.69, 9.17) is 16.2 Å². The quantitative estimate of drug-likeness (QED) is 0.763. The van der Waals surface area contributed by atoms with Crippen molar-refractivity contribution < 1.29 is 9.53 Å². The summed E-state index contributed by atoms with van der Waals surface area (Å²) >= 11 is 2.84. The number of anilines is 2. The van der Waals surface area contributed by atoms with Gasteiger partial charge in [0.1, 0.15) is 9.88 Å². The van der Waals surface area contributed by atoms with Gasteiger partial charge in [-0.05, 0) is 6.26 Å². The molecule has 0 aromatic carbocycles. The summed E-state index contributed by atoms with van der Waals surface area (Å²) in [6.07, 6.45) is 1.93. The number of primary amides is 1. The minimum absolute atomic E-state index is 0.425. The van der Waals surface area contributed by atoms with E-state index >= 15 is 0 Å². The Morgan fingerprint density at radius 2 is 2.24 bits per heavy atom. The van der Waals surface area contributed by atoms with Crippen LogP contribution in [0.4, 0.5) is 10.7 Å². The predicted octanol–water partition coefficient (Wildman–Crippen LogP) is 1.23. The van der Waals surface area contributed by atoms with Crippen molar-refractivity contribution in [2.45, 2.75) is 4.90 Å². The summed E-state index contributed by atoms with van der Waals surface area (Å²) in [6.45, 7) is 1.36. The summed E-state index contributed by atoms with van der Waals surface area (Å²) < 4.78 is 5.03. The second-order valence-corrected chi connectivity index (χ2v) is 5.28. The van der Waals surface area contributed by atoms with Gasteiger partial charge in [0.05, 0.1) is 17.2 Å². The highest BCUT2D eigenvalue weighted by molar-refractivity contribution is 7.99. The van der Waals surface area contributed by atoms with Gasteiger partial charge in [0.2, 0.25) is 0 Å². The molecule has 7 heteroatoms. The number of likely N-dealkylation sites (N-methyl/N-ethyl adjacent to an activating group) is 1. The number of nitrogen functional groups attached to an aromatic ring is 1. The third kappa shape index (κ3) is 3.05. The normalized spacial score (nSPS) is 10.5. The SMILES string of the molecule is COCCN(C)c1sc(C(N)=O)c(N)c1SC. The number of carbonyl (C=O) groups is 1. The van der Waals surface area contributed by atoms with E-state index < -0.39 is 5.91 Å². The molecule has 0 unspecified atom stereocenters. The average molecular weight is 275 g/mol. The van der Waals surface area contributed by atoms with Crippen molar-refractivity contribution in [2.24, 2.45) is 5.73 Å². The molecule has 0 radical (unpaired) electrons. The third-order valence-electron chi connectivity index (χ3n) is 2.29. The second-order valence-electron chi connectivity index (χ2n) is 3.46. The zero-order valence-electron chi connectivity index (χ0n) is 10.1. The van der Waals surface area contributed by atoms with Gasteiger partial charge in [-0.1, -0.05) is 0 Å². The molecule has 0 fully saturated rings. The minimum atomic E-state index is -0.478. The molecule has 0 atom stereocenters. The fraction of sp³-hybridized carbons (Fsp3) is 0.500. The van der Waals surface area contributed by atoms with Crippen molar-refractivity contribution in [3.63, 3.8) is 0 Å². The molecular weight excluding hydrogens is 258 g/mol. The number of amides is 1. The maximum absolute atomic E-state index is 11.2. The smallest absolute Gasteiger partial charge is 0.261 e. The van der Waals surface area contributed by atoms with Gasteiger partial charge in [0.15, 0.2) is 0 Å². The van der Waals surface area contributed by atoms with Crippen LogP contribution >= 0.6 is 23.1 Å². The lowest BCUT2D eigenvalue weighted by atomic mass is 10.3. The van der Waals surface area contributed by atoms with Gasteiger partial charge in [-0.15, -0.1) is 23.1 Å². The van der Waals surface area contributed by atoms with Gasteiger partial charge in [0.25, 0.3) is 5.91 Å². The van der Waals surface area contributed by atoms with Crippen LogP contribution in [0.15, 0.2) is 4.90 Å². The zero-order valence-corrected chi connectivity index (χ0v) is 11.8. The molecule has 17 heavy (non-hydrogen) atoms. The first-order valence-corrected chi connectivity index (χ1v) is 7.03. The maximum Gasteiger partial charge on any atom is 0.261 e. The van der Waals surface area contributed by atoms with E-state index in [-0.39, 0.29) is 0 Å². The Morgan fingerprint density at radius 1 is 1.59 bits per heavy atom. The van der Waals surface area contributed by atoms with E-state index in [0.717, 1.165) is 16.4 Å². The molecule has 0 aliphatic rings. The first-order valence-electron chi connectivity index (χ1n) is 4.99. The van der Waals surface area contributed by atoms with Crippen LogP contribution < -0.4 is 16.4 Å². The van der Waals surface area contributed by atoms with Crippen molar-refractivity contribution in [1.82, 2.24) is 0 Å². The van der Waals surface area contributed by atoms with E-state index in [9.17, 15) is 4.79 Å². The molecule has 0 aliphatic carbocycles. The largest absolute Gasteiger partial charge is 0.396 e. The van der Waals surface area contributed by atoms with Crippen molar-refractivity contribution in [1.29, 1.82) is 0 Å². The number of ether oxygens (including phenoxy) is 1. The molecule has 1 rings (SSSR count). The van der Waals surface area contributed by atoms with Crippen LogP contribution in [0.25, 0.3) is 0 Å². The van der Waals surface area contributed by atoms with Crippen LogP contribution in [0.1, 0.15) is 9.67 Å². The van der Waals surface area contributed by atoms with Crippen LogP contribution in [0.2, 0.25) is 0 Å². The molecular formula is C10H17N3O2S2. The van der Waals surface area contributed by atoms with Crippen molar-refractivity contribution >= 4 is 39.7 Å². The van der Waals surface area contributed by atoms with Crippen LogP contribution in [-0.2, 0) is 4.74 Å². The highest BCUT2D eigenvalue weighted by atomic mass is 32.2. The Hall–Kier alpha value is -0.920. The van der Waals surface area contributed by atoms with Gasteiger partial charge >= 0.3 is 0 Å². The molecule has 5 nitrogen and oxygen atoms in total. The predicted molar refractivity (Wildman–Crippen MR) is 74.2 cm³/mol. The lowest BCUT2D eigenvalue weighted by Crippen LogP contribution is -2.21. The molecule has 96 valence electrons. The maximum atomic E-state index is 11.2. The molecule has 1 aromatic rings. The Bertz CT molecular complexity index is 407. The van der Waals surface area contributed by atoms with Crippen LogP contribution in [0.5, 0.6) is 0 Å². The zero-order chi connectivity index (χ0) is 13.0. The third-order valence-corrected chi connectivity index (χ3v) is 4.57. The summed E-state index contributed by atoms with van der Waals surface area (Å²) in [7, 11) is 3.59. The molecule has 1 heterocycles. The van der Waals surface area contributed by atoms with Crippen LogP contribution in [0.3, 0.4) is 0 Å². The van der Waals surface area contributed by atoms with E-state index in [1.54, 1.807) is 7.11 Å². The summed E-state index contributed by atoms with van der Waals surface area (Å²) in [6, 6.07) is 0. The minimum Gasteiger partial charge on any atom is -0.396 e. The molecule has 0 saturated heterocycles. The standard InChI is InChI=1S/C10H17N3O2S2/c1-13(4-5-15-2)10-8(16-3)6(11)7(17-10)9(12)14/h4-5,11H2,1-3H3,(H2,12,14). The van der Waals surface area contributed by atoms with Gasteiger partial charge in [-0.25, -0.2) is 0 Å². The molecule has 4 N–H and O–H groups in total. The molecule has 1 amide bonds. The number of nitrogens with two attached hydrogens (primary N) is 2. The number of nitrogens with zero attached hydrogens (tertiary/aromatic N) is 1. The van der Waals surface area contributed by atoms with Crippen molar-refractivity contribution in [2.75, 3.05) is 44.2 Å². The Kier molecular flexibility index (Phi) is 5.10. The van der Waals surface area contributed by atoms with E-state index in [2.05, 4.69) is 0 Å².